The molecule has 4 nitrogen and oxygen atoms in total. The Morgan fingerprint density at radius 1 is 1.30 bits per heavy atom. The minimum atomic E-state index is -0.770. The molecule has 126 valence electrons. The average Bonchev–Trinajstić information content (AvgIpc) is 2.50. The molecular weight excluding hydrogens is 314 g/mol. The van der Waals surface area contributed by atoms with E-state index in [9.17, 15) is 9.90 Å². The molecule has 0 bridgehead atoms. The second-order valence-electron chi connectivity index (χ2n) is 7.04. The molecule has 1 aliphatic carbocycles. The molecule has 0 atom stereocenters. The molecule has 2 aliphatic rings. The molecule has 23 heavy (non-hydrogen) atoms. The molecule has 1 aliphatic heterocycles. The molecule has 2 N–H and O–H groups in total. The van der Waals surface area contributed by atoms with Crippen molar-refractivity contribution in [1.29, 1.82) is 0 Å². The third-order valence-corrected chi connectivity index (χ3v) is 5.74. The first kappa shape index (κ1) is 16.7. The van der Waals surface area contributed by atoms with Crippen LogP contribution in [0.1, 0.15) is 31.2 Å². The average molecular weight is 338 g/mol. The van der Waals surface area contributed by atoms with Crippen LogP contribution < -0.4 is 0 Å². The normalized spacial score (nSPS) is 29.2. The number of hydrogen-bond donors (Lipinski definition) is 2. The van der Waals surface area contributed by atoms with Gasteiger partial charge in [0.15, 0.2) is 0 Å². The maximum Gasteiger partial charge on any atom is 0.306 e. The zero-order valence-corrected chi connectivity index (χ0v) is 14.0. The van der Waals surface area contributed by atoms with E-state index in [1.165, 1.54) is 5.56 Å². The van der Waals surface area contributed by atoms with Gasteiger partial charge in [-0.25, -0.2) is 0 Å². The molecule has 0 radical (unpaired) electrons. The lowest BCUT2D eigenvalue weighted by atomic mass is 9.62. The lowest BCUT2D eigenvalue weighted by molar-refractivity contribution is -0.170. The van der Waals surface area contributed by atoms with Crippen LogP contribution >= 0.6 is 11.6 Å². The van der Waals surface area contributed by atoms with Gasteiger partial charge in [-0.2, -0.15) is 0 Å². The highest BCUT2D eigenvalue weighted by Gasteiger charge is 2.51. The number of piperidine rings is 1. The van der Waals surface area contributed by atoms with Gasteiger partial charge in [-0.1, -0.05) is 23.7 Å². The molecule has 1 saturated carbocycles. The zero-order valence-electron chi connectivity index (χ0n) is 13.2. The van der Waals surface area contributed by atoms with Gasteiger partial charge in [-0.3, -0.25) is 4.79 Å². The van der Waals surface area contributed by atoms with Crippen molar-refractivity contribution >= 4 is 17.6 Å². The second kappa shape index (κ2) is 6.80. The number of halogens is 1. The van der Waals surface area contributed by atoms with E-state index in [4.69, 9.17) is 16.7 Å². The molecule has 1 aromatic rings. The summed E-state index contributed by atoms with van der Waals surface area (Å²) in [4.78, 5) is 13.3. The Morgan fingerprint density at radius 2 is 2.00 bits per heavy atom. The summed E-state index contributed by atoms with van der Waals surface area (Å²) in [7, 11) is 0. The summed E-state index contributed by atoms with van der Waals surface area (Å²) in [5.41, 5.74) is 0.517. The zero-order chi connectivity index (χ0) is 16.4. The van der Waals surface area contributed by atoms with Gasteiger partial charge >= 0.3 is 5.97 Å². The number of benzene rings is 1. The lowest BCUT2D eigenvalue weighted by Crippen LogP contribution is -2.55. The van der Waals surface area contributed by atoms with Crippen LogP contribution in [0, 0.1) is 11.8 Å². The molecule has 0 unspecified atom stereocenters. The first-order valence-corrected chi connectivity index (χ1v) is 8.76. The van der Waals surface area contributed by atoms with Crippen LogP contribution in [0.5, 0.6) is 0 Å². The molecule has 1 heterocycles. The van der Waals surface area contributed by atoms with Crippen molar-refractivity contribution in [2.75, 3.05) is 19.6 Å². The van der Waals surface area contributed by atoms with Gasteiger partial charge in [0.05, 0.1) is 11.5 Å². The van der Waals surface area contributed by atoms with Crippen LogP contribution in [0.15, 0.2) is 24.3 Å². The summed E-state index contributed by atoms with van der Waals surface area (Å²) in [5.74, 6) is -0.866. The molecule has 1 saturated heterocycles. The predicted molar refractivity (Wildman–Crippen MR) is 89.6 cm³/mol. The molecule has 0 spiro atoms. The Morgan fingerprint density at radius 3 is 2.61 bits per heavy atom. The fourth-order valence-electron chi connectivity index (χ4n) is 3.98. The quantitative estimate of drug-likeness (QED) is 0.867. The smallest absolute Gasteiger partial charge is 0.306 e. The number of carboxylic acid groups (broad SMARTS) is 1. The minimum absolute atomic E-state index is 0.250. The van der Waals surface area contributed by atoms with Crippen molar-refractivity contribution in [3.05, 3.63) is 34.9 Å². The highest BCUT2D eigenvalue weighted by Crippen LogP contribution is 2.46. The van der Waals surface area contributed by atoms with Crippen molar-refractivity contribution in [3.63, 3.8) is 0 Å². The Bertz CT molecular complexity index is 563. The van der Waals surface area contributed by atoms with E-state index in [1.807, 2.05) is 18.2 Å². The number of carboxylic acids is 1. The molecule has 2 fully saturated rings. The number of hydrogen-bond acceptors (Lipinski definition) is 3. The first-order chi connectivity index (χ1) is 11.0. The Balaban J connectivity index is 1.43. The fraction of sp³-hybridized carbons (Fsp3) is 0.611. The highest BCUT2D eigenvalue weighted by molar-refractivity contribution is 6.30. The number of rotatable bonds is 5. The maximum absolute atomic E-state index is 10.9. The number of aliphatic hydroxyl groups is 1. The van der Waals surface area contributed by atoms with Crippen molar-refractivity contribution < 1.29 is 15.0 Å². The minimum Gasteiger partial charge on any atom is -0.481 e. The van der Waals surface area contributed by atoms with E-state index in [0.29, 0.717) is 12.8 Å². The van der Waals surface area contributed by atoms with Gasteiger partial charge in [0.25, 0.3) is 0 Å². The molecule has 0 amide bonds. The highest BCUT2D eigenvalue weighted by atomic mass is 35.5. The number of likely N-dealkylation sites (tertiary alicyclic amines) is 1. The molecule has 3 rings (SSSR count). The van der Waals surface area contributed by atoms with E-state index in [-0.39, 0.29) is 11.8 Å². The third kappa shape index (κ3) is 3.87. The van der Waals surface area contributed by atoms with Crippen LogP contribution in [0.4, 0.5) is 0 Å². The van der Waals surface area contributed by atoms with Gasteiger partial charge in [-0.05, 0) is 68.8 Å². The topological polar surface area (TPSA) is 60.8 Å². The Hall–Kier alpha value is -1.10. The van der Waals surface area contributed by atoms with E-state index in [2.05, 4.69) is 11.0 Å². The summed E-state index contributed by atoms with van der Waals surface area (Å²) >= 11 is 6.01. The largest absolute Gasteiger partial charge is 0.481 e. The van der Waals surface area contributed by atoms with E-state index >= 15 is 0 Å². The van der Waals surface area contributed by atoms with Crippen molar-refractivity contribution in [2.45, 2.75) is 37.7 Å². The molecular formula is C18H24ClNO3. The van der Waals surface area contributed by atoms with Gasteiger partial charge in [0.1, 0.15) is 0 Å². The van der Waals surface area contributed by atoms with Crippen molar-refractivity contribution in [3.8, 4) is 0 Å². The summed E-state index contributed by atoms with van der Waals surface area (Å²) in [6.45, 7) is 2.96. The van der Waals surface area contributed by atoms with Crippen LogP contribution in [0.2, 0.25) is 5.02 Å². The SMILES string of the molecule is O=C(O)C1CC(O)(C2CCN(CCc3cccc(Cl)c3)CC2)C1. The van der Waals surface area contributed by atoms with Crippen LogP contribution in [0.3, 0.4) is 0 Å². The Kier molecular flexibility index (Phi) is 4.95. The van der Waals surface area contributed by atoms with Gasteiger partial charge in [0.2, 0.25) is 0 Å². The number of aliphatic carboxylic acids is 1. The van der Waals surface area contributed by atoms with E-state index in [1.54, 1.807) is 0 Å². The van der Waals surface area contributed by atoms with Gasteiger partial charge in [-0.15, -0.1) is 0 Å². The first-order valence-electron chi connectivity index (χ1n) is 8.38. The Labute approximate surface area is 142 Å². The standard InChI is InChI=1S/C18H24ClNO3/c19-16-3-1-2-13(10-16)4-7-20-8-5-15(6-9-20)18(23)11-14(12-18)17(21)22/h1-3,10,14-15,23H,4-9,11-12H2,(H,21,22). The van der Waals surface area contributed by atoms with Crippen LogP contribution in [-0.4, -0.2) is 46.3 Å². The van der Waals surface area contributed by atoms with Crippen molar-refractivity contribution in [1.82, 2.24) is 4.90 Å². The van der Waals surface area contributed by atoms with E-state index in [0.717, 1.165) is 43.9 Å². The maximum atomic E-state index is 10.9. The van der Waals surface area contributed by atoms with E-state index < -0.39 is 11.6 Å². The fourth-order valence-corrected chi connectivity index (χ4v) is 4.19. The predicted octanol–water partition coefficient (Wildman–Crippen LogP) is 2.82. The van der Waals surface area contributed by atoms with Gasteiger partial charge < -0.3 is 15.1 Å². The second-order valence-corrected chi connectivity index (χ2v) is 7.48. The molecule has 0 aromatic heterocycles. The molecule has 1 aromatic carbocycles. The van der Waals surface area contributed by atoms with Crippen LogP contribution in [-0.2, 0) is 11.2 Å². The summed E-state index contributed by atoms with van der Waals surface area (Å²) in [6.07, 6.45) is 3.75. The lowest BCUT2D eigenvalue weighted by Gasteiger charge is -2.49. The summed E-state index contributed by atoms with van der Waals surface area (Å²) in [6, 6.07) is 7.98. The summed E-state index contributed by atoms with van der Waals surface area (Å²) < 4.78 is 0. The monoisotopic (exact) mass is 337 g/mol. The third-order valence-electron chi connectivity index (χ3n) is 5.50. The number of carbonyl (C=O) groups is 1. The van der Waals surface area contributed by atoms with Crippen LogP contribution in [0.25, 0.3) is 0 Å². The number of nitrogens with zero attached hydrogens (tertiary/aromatic N) is 1. The van der Waals surface area contributed by atoms with Gasteiger partial charge in [0, 0.05) is 11.6 Å². The summed E-state index contributed by atoms with van der Waals surface area (Å²) in [5, 5.41) is 20.3. The molecule has 5 heteroatoms. The van der Waals surface area contributed by atoms with Crippen molar-refractivity contribution in [2.24, 2.45) is 11.8 Å².